The molecule has 11 atom stereocenters. The predicted octanol–water partition coefficient (Wildman–Crippen LogP) is 13.9. The zero-order chi connectivity index (χ0) is 94.7. The fourth-order valence-corrected chi connectivity index (χ4v) is 22.1. The molecule has 7 fully saturated rings. The first kappa shape index (κ1) is 96.6. The van der Waals surface area contributed by atoms with Crippen LogP contribution in [0.1, 0.15) is 121 Å². The second-order valence-corrected chi connectivity index (χ2v) is 39.1. The Kier molecular flexibility index (Phi) is 27.3. The molecule has 33 nitrogen and oxygen atoms in total. The molecule has 5 aromatic carbocycles. The molecule has 0 aliphatic carbocycles. The molecule has 21 rings (SSSR count). The molecule has 0 bridgehead atoms. The largest absolute Gasteiger partial charge is 0.586 e. The summed E-state index contributed by atoms with van der Waals surface area (Å²) < 4.78 is 231. The van der Waals surface area contributed by atoms with Gasteiger partial charge in [-0.2, -0.15) is 0 Å². The van der Waals surface area contributed by atoms with E-state index in [9.17, 15) is 68.7 Å². The highest BCUT2D eigenvalue weighted by Gasteiger charge is 2.60. The smallest absolute Gasteiger partial charge is 0.460 e. The van der Waals surface area contributed by atoms with Gasteiger partial charge >= 0.3 is 43.4 Å². The van der Waals surface area contributed by atoms with Crippen molar-refractivity contribution < 1.29 is 158 Å². The molecule has 0 amide bonds. The Morgan fingerprint density at radius 3 is 1.39 bits per heavy atom. The number of alkyl halides is 10. The summed E-state index contributed by atoms with van der Waals surface area (Å²) in [6.07, 6.45) is -14.3. The number of nitrogen functional groups attached to an aromatic ring is 1. The molecular formula is C87H98F10N8O25S3. The topological polar surface area (TPSA) is 410 Å². The van der Waals surface area contributed by atoms with Crippen molar-refractivity contribution in [3.05, 3.63) is 117 Å². The number of hydrogen-bond acceptors (Lipinski definition) is 35. The van der Waals surface area contributed by atoms with Gasteiger partial charge in [-0.05, 0) is 110 Å². The number of aliphatic hydroxyl groups excluding tert-OH is 1. The third-order valence-electron chi connectivity index (χ3n) is 24.6. The minimum atomic E-state index is -3.96. The summed E-state index contributed by atoms with van der Waals surface area (Å²) in [6, 6.07) is 19.4. The highest BCUT2D eigenvalue weighted by Crippen LogP contribution is 2.60. The number of esters is 2. The number of thioether (sulfide) groups is 3. The van der Waals surface area contributed by atoms with Crippen molar-refractivity contribution in [3.8, 4) is 57.5 Å². The van der Waals surface area contributed by atoms with E-state index in [1.165, 1.54) is 65.6 Å². The normalized spacial score (nSPS) is 29.8. The number of carbonyl (C=O) groups excluding carboxylic acids is 2. The summed E-state index contributed by atoms with van der Waals surface area (Å²) in [4.78, 5) is 54.6. The van der Waals surface area contributed by atoms with Crippen LogP contribution < -0.4 is 64.6 Å². The third-order valence-corrected chi connectivity index (χ3v) is 27.9. The fourth-order valence-electron chi connectivity index (χ4n) is 18.5. The molecule has 7 N–H and O–H groups in total. The Bertz CT molecular complexity index is 5350. The van der Waals surface area contributed by atoms with Crippen LogP contribution in [0.3, 0.4) is 0 Å². The Morgan fingerprint density at radius 2 is 0.887 bits per heavy atom. The summed E-state index contributed by atoms with van der Waals surface area (Å²) in [7, 11) is 0. The molecule has 5 aromatic rings. The van der Waals surface area contributed by atoms with Crippen LogP contribution in [0.5, 0.6) is 57.5 Å². The van der Waals surface area contributed by atoms with Crippen molar-refractivity contribution in [2.45, 2.75) is 163 Å². The molecule has 16 aliphatic heterocycles. The molecule has 724 valence electrons. The maximum absolute atomic E-state index is 13.9. The number of nitro groups is 1. The number of aliphatic imine (C=N–C) groups is 3. The molecule has 133 heavy (non-hydrogen) atoms. The highest BCUT2D eigenvalue weighted by molar-refractivity contribution is 8.14. The summed E-state index contributed by atoms with van der Waals surface area (Å²) in [5.41, 5.74) is 15.4. The van der Waals surface area contributed by atoms with Crippen molar-refractivity contribution in [1.29, 1.82) is 0 Å². The van der Waals surface area contributed by atoms with Crippen LogP contribution in [-0.2, 0) is 84.6 Å². The van der Waals surface area contributed by atoms with Gasteiger partial charge in [-0.3, -0.25) is 29.7 Å². The van der Waals surface area contributed by atoms with Crippen LogP contribution in [0.15, 0.2) is 99.0 Å². The van der Waals surface area contributed by atoms with Gasteiger partial charge < -0.3 is 117 Å². The van der Waals surface area contributed by atoms with E-state index in [1.54, 1.807) is 84.0 Å². The molecule has 0 saturated carbocycles. The number of anilines is 1. The van der Waals surface area contributed by atoms with Gasteiger partial charge in [0.05, 0.1) is 103 Å². The first-order valence-corrected chi connectivity index (χ1v) is 45.8. The lowest BCUT2D eigenvalue weighted by Crippen LogP contribution is -2.52. The maximum Gasteiger partial charge on any atom is 0.586 e. The number of halogens is 10. The maximum atomic E-state index is 13.9. The van der Waals surface area contributed by atoms with Crippen LogP contribution in [0, 0.1) is 45.6 Å². The minimum Gasteiger partial charge on any atom is -0.460 e. The lowest BCUT2D eigenvalue weighted by molar-refractivity contribution is -0.385. The van der Waals surface area contributed by atoms with Gasteiger partial charge in [-0.25, -0.2) is 4.99 Å². The van der Waals surface area contributed by atoms with E-state index in [0.29, 0.717) is 140 Å². The van der Waals surface area contributed by atoms with E-state index in [0.717, 1.165) is 50.0 Å². The molecule has 0 spiro atoms. The number of benzene rings is 5. The number of rotatable bonds is 11. The second kappa shape index (κ2) is 37.5. The number of amidine groups is 1. The van der Waals surface area contributed by atoms with Crippen molar-refractivity contribution in [3.63, 3.8) is 0 Å². The third kappa shape index (κ3) is 20.8. The van der Waals surface area contributed by atoms with Crippen LogP contribution in [0.2, 0.25) is 0 Å². The number of nitro benzene ring substituents is 1. The van der Waals surface area contributed by atoms with Gasteiger partial charge in [0.1, 0.15) is 34.4 Å². The van der Waals surface area contributed by atoms with Crippen LogP contribution in [0.4, 0.5) is 55.3 Å². The van der Waals surface area contributed by atoms with Crippen LogP contribution in [-0.4, -0.2) is 209 Å². The number of oxime groups is 1. The first-order valence-electron chi connectivity index (χ1n) is 42.8. The van der Waals surface area contributed by atoms with E-state index >= 15 is 0 Å². The Morgan fingerprint density at radius 1 is 0.474 bits per heavy atom. The standard InChI is InChI=1S/C20H22F2N2O7S.C20H24F2N2O5S.C14H14F2N2O3S.C14H14F2O4.C13H15F2NO4.C6H9NO2/c1-18(2,3)30-16(25)8-15-23-19(10-28-5-4-11(19)9-32-15)13-6-12(24(26)27)7-14-17(13)31-20(21,22)29-14;1-18(2,3)28-16(25)8-15-24-19(10-26-5-4-11(19)9-30-15)13-6-12(23)7-14-17(13)29-20(21,22)27-14;15-14(16)20-10-3-1-2-9(11(10)21-14)13-7-19-5-4-8(13)6-22-12(17)18-13;15-14(16)19-11-3-1-2-10(12(11)20-14)13-7-17-5-4-9(13)6-18-8-13;14-13(15)19-10-3-1-2-9(11(10)20-13)12(16)7-18-5-4-8(12)6-17;1-2-8-4-6-5(1)3-9-7-6/h6-7,11H,4-5,8-10H2,1-3H3;6-7,11H,4-5,8-10,23H2,1-3H3;1-3,8H,4-7H2,(H2,17,18);1-3,9H,4-8H2;1-3,8,17H,4-7,16H2;5H,1-4H2/t2*11-,19-;8-,13-;9-,13-;8-,12-;5-/m000000/s1. The molecule has 0 aromatic heterocycles. The molecule has 46 heteroatoms. The summed E-state index contributed by atoms with van der Waals surface area (Å²) in [6.45, 7) is 17.7. The van der Waals surface area contributed by atoms with Crippen LogP contribution >= 0.6 is 35.3 Å². The minimum absolute atomic E-state index is 0.00140. The van der Waals surface area contributed by atoms with Gasteiger partial charge in [-0.15, -0.1) is 67.4 Å². The second-order valence-electron chi connectivity index (χ2n) is 35.9. The van der Waals surface area contributed by atoms with Crippen molar-refractivity contribution in [1.82, 2.24) is 0 Å². The van der Waals surface area contributed by atoms with Crippen molar-refractivity contribution >= 4 is 79.6 Å². The number of carbonyl (C=O) groups is 2. The molecule has 0 radical (unpaired) electrons. The van der Waals surface area contributed by atoms with E-state index in [-0.39, 0.29) is 132 Å². The zero-order valence-electron chi connectivity index (χ0n) is 72.8. The summed E-state index contributed by atoms with van der Waals surface area (Å²) in [5, 5.41) is 26.3. The average molecular weight is 1940 g/mol. The predicted molar refractivity (Wildman–Crippen MR) is 457 cm³/mol. The lowest BCUT2D eigenvalue weighted by atomic mass is 9.70. The number of fused-ring (bicyclic) bond motifs is 10. The highest BCUT2D eigenvalue weighted by atomic mass is 32.2. The number of nitrogens with zero attached hydrogens (tertiary/aromatic N) is 5. The monoisotopic (exact) mass is 1940 g/mol. The van der Waals surface area contributed by atoms with Gasteiger partial charge in [0, 0.05) is 139 Å². The Labute approximate surface area is 767 Å². The SMILES string of the molecule is C1C[C@H]2CON=C2CO1.CC(C)(C)OC(=O)CC1=N[C@@]2(c3cc(N)cc4c3OC(F)(F)O4)COCC[C@H]2CS1.CC(C)(C)OC(=O)CC1=N[C@@]2(c3cc([N+](=O)[O-])cc4c3OC(F)(F)O4)COCC[C@H]2CS1.FC1(F)Oc2cccc([C@]34COCC[C@H]3COC4)c2O1.NC1=N[C@@]2(c3cccc4c3OC(F)(F)O4)COCC[C@H]2CS1.N[C@@]1(c2cccc3c2OC(F)(F)O3)COCC[C@H]1CO. The quantitative estimate of drug-likeness (QED) is 0.0314. The average Bonchev–Trinajstić information content (AvgIpc) is 1.68. The number of nitrogens with two attached hydrogens (primary N) is 3. The number of hydrogen-bond donors (Lipinski definition) is 4. The van der Waals surface area contributed by atoms with E-state index < -0.39 is 98.5 Å². The lowest BCUT2D eigenvalue weighted by Gasteiger charge is -2.44. The van der Waals surface area contributed by atoms with E-state index in [4.69, 9.17) is 93.6 Å². The Balaban J connectivity index is 0.000000119. The molecule has 7 saturated heterocycles. The van der Waals surface area contributed by atoms with Gasteiger partial charge in [-0.1, -0.05) is 53.3 Å². The number of para-hydroxylation sites is 3. The molecule has 0 unspecified atom stereocenters. The summed E-state index contributed by atoms with van der Waals surface area (Å²) in [5.74, 6) is 0.784. The molecular weight excluding hydrogens is 1840 g/mol. The van der Waals surface area contributed by atoms with Crippen molar-refractivity contribution in [2.75, 3.05) is 129 Å². The van der Waals surface area contributed by atoms with Gasteiger partial charge in [0.2, 0.25) is 0 Å². The van der Waals surface area contributed by atoms with Crippen molar-refractivity contribution in [2.24, 2.45) is 67.1 Å². The van der Waals surface area contributed by atoms with Crippen LogP contribution in [0.25, 0.3) is 0 Å². The van der Waals surface area contributed by atoms with Gasteiger partial charge in [0.25, 0.3) is 5.69 Å². The van der Waals surface area contributed by atoms with E-state index in [2.05, 4.69) is 38.6 Å². The van der Waals surface area contributed by atoms with Gasteiger partial charge in [0.15, 0.2) is 62.7 Å². The fraction of sp³-hybridized carbons (Fsp3) is 0.586. The Hall–Kier alpha value is -9.49. The number of non-ortho nitro benzene ring substituents is 1. The number of aliphatic hydroxyl groups is 1. The molecule has 16 heterocycles. The first-order chi connectivity index (χ1) is 62.9. The number of ether oxygens (including phenoxy) is 19. The molecule has 16 aliphatic rings. The van der Waals surface area contributed by atoms with E-state index in [1.807, 2.05) is 0 Å². The summed E-state index contributed by atoms with van der Waals surface area (Å²) >= 11 is 4.34. The zero-order valence-corrected chi connectivity index (χ0v) is 75.2.